The molecule has 0 fully saturated rings. The van der Waals surface area contributed by atoms with Gasteiger partial charge >= 0.3 is 11.9 Å². The molecule has 0 saturated carbocycles. The van der Waals surface area contributed by atoms with Gasteiger partial charge in [-0.2, -0.15) is 0 Å². The van der Waals surface area contributed by atoms with Gasteiger partial charge in [-0.1, -0.05) is 25.5 Å². The van der Waals surface area contributed by atoms with Crippen molar-refractivity contribution in [1.82, 2.24) is 0 Å². The Morgan fingerprint density at radius 3 is 2.65 bits per heavy atom. The monoisotopic (exact) mass is 235 g/mol. The Labute approximate surface area is 101 Å². The summed E-state index contributed by atoms with van der Waals surface area (Å²) in [6.07, 6.45) is 1.42. The molecule has 0 aliphatic carbocycles. The smallest absolute Gasteiger partial charge is 0.341 e. The summed E-state index contributed by atoms with van der Waals surface area (Å²) in [7, 11) is 0. The van der Waals surface area contributed by atoms with Crippen molar-refractivity contribution in [2.75, 3.05) is 6.61 Å². The van der Waals surface area contributed by atoms with E-state index in [4.69, 9.17) is 9.47 Å². The average Bonchev–Trinajstić information content (AvgIpc) is 2.29. The summed E-state index contributed by atoms with van der Waals surface area (Å²) >= 11 is 0. The van der Waals surface area contributed by atoms with Gasteiger partial charge in [0.2, 0.25) is 0 Å². The first-order valence-corrected chi connectivity index (χ1v) is 5.39. The average molecular weight is 235 g/mol. The van der Waals surface area contributed by atoms with Crippen LogP contribution in [-0.4, -0.2) is 18.5 Å². The summed E-state index contributed by atoms with van der Waals surface area (Å²) in [5.41, 5.74) is 0.256. The van der Waals surface area contributed by atoms with E-state index in [1.807, 2.05) is 0 Å². The Kier molecular flexibility index (Phi) is 5.20. The van der Waals surface area contributed by atoms with E-state index in [9.17, 15) is 9.59 Å². The predicted octanol–water partition coefficient (Wildman–Crippen LogP) is 2.38. The molecule has 0 unspecified atom stereocenters. The van der Waals surface area contributed by atoms with E-state index in [-0.39, 0.29) is 11.3 Å². The van der Waals surface area contributed by atoms with Crippen LogP contribution >= 0.6 is 0 Å². The van der Waals surface area contributed by atoms with Gasteiger partial charge in [-0.05, 0) is 18.6 Å². The van der Waals surface area contributed by atoms with Crippen LogP contribution in [0.1, 0.15) is 30.1 Å². The van der Waals surface area contributed by atoms with Crippen molar-refractivity contribution in [3.8, 4) is 5.75 Å². The van der Waals surface area contributed by atoms with Crippen LogP contribution in [0.15, 0.2) is 24.3 Å². The lowest BCUT2D eigenvalue weighted by Gasteiger charge is -2.08. The molecule has 1 aromatic rings. The minimum atomic E-state index is -0.490. The van der Waals surface area contributed by atoms with Crippen molar-refractivity contribution in [3.63, 3.8) is 0 Å². The SMILES string of the molecule is [CH2]CCCOC(=O)c1ccccc1OC(C)=O. The second-order valence-corrected chi connectivity index (χ2v) is 3.43. The summed E-state index contributed by atoms with van der Waals surface area (Å²) in [5, 5.41) is 0. The van der Waals surface area contributed by atoms with Crippen LogP contribution in [0.3, 0.4) is 0 Å². The van der Waals surface area contributed by atoms with E-state index >= 15 is 0 Å². The van der Waals surface area contributed by atoms with Gasteiger partial charge in [0.25, 0.3) is 0 Å². The van der Waals surface area contributed by atoms with E-state index in [2.05, 4.69) is 6.92 Å². The van der Waals surface area contributed by atoms with Crippen molar-refractivity contribution >= 4 is 11.9 Å². The Morgan fingerprint density at radius 2 is 2.00 bits per heavy atom. The Morgan fingerprint density at radius 1 is 1.29 bits per heavy atom. The molecule has 0 aliphatic rings. The number of hydrogen-bond acceptors (Lipinski definition) is 4. The number of benzene rings is 1. The highest BCUT2D eigenvalue weighted by molar-refractivity contribution is 5.93. The van der Waals surface area contributed by atoms with Gasteiger partial charge in [0.1, 0.15) is 11.3 Å². The Balaban J connectivity index is 2.74. The third kappa shape index (κ3) is 4.26. The number of para-hydroxylation sites is 1. The lowest BCUT2D eigenvalue weighted by atomic mass is 10.2. The van der Waals surface area contributed by atoms with E-state index in [1.165, 1.54) is 6.92 Å². The number of rotatable bonds is 5. The fraction of sp³-hybridized carbons (Fsp3) is 0.308. The van der Waals surface area contributed by atoms with E-state index < -0.39 is 11.9 Å². The van der Waals surface area contributed by atoms with Gasteiger partial charge in [0, 0.05) is 6.92 Å². The molecule has 4 heteroatoms. The first-order valence-electron chi connectivity index (χ1n) is 5.39. The molecular formula is C13H15O4. The van der Waals surface area contributed by atoms with E-state index in [0.29, 0.717) is 19.4 Å². The van der Waals surface area contributed by atoms with Gasteiger partial charge < -0.3 is 9.47 Å². The molecule has 1 radical (unpaired) electrons. The summed E-state index contributed by atoms with van der Waals surface area (Å²) in [6.45, 7) is 5.25. The quantitative estimate of drug-likeness (QED) is 0.446. The fourth-order valence-corrected chi connectivity index (χ4v) is 1.22. The lowest BCUT2D eigenvalue weighted by Crippen LogP contribution is -2.10. The summed E-state index contributed by atoms with van der Waals surface area (Å²) in [6, 6.07) is 6.49. The molecule has 0 aliphatic heterocycles. The highest BCUT2D eigenvalue weighted by Gasteiger charge is 2.14. The molecule has 1 rings (SSSR count). The first kappa shape index (κ1) is 13.2. The molecule has 0 heterocycles. The van der Waals surface area contributed by atoms with Gasteiger partial charge in [0.15, 0.2) is 0 Å². The van der Waals surface area contributed by atoms with Gasteiger partial charge in [-0.3, -0.25) is 4.79 Å². The van der Waals surface area contributed by atoms with Crippen molar-refractivity contribution in [3.05, 3.63) is 36.8 Å². The zero-order chi connectivity index (χ0) is 12.7. The molecule has 0 saturated heterocycles. The maximum absolute atomic E-state index is 11.7. The largest absolute Gasteiger partial charge is 0.462 e. The van der Waals surface area contributed by atoms with Crippen molar-refractivity contribution in [1.29, 1.82) is 0 Å². The third-order valence-corrected chi connectivity index (χ3v) is 1.99. The van der Waals surface area contributed by atoms with Gasteiger partial charge in [-0.25, -0.2) is 4.79 Å². The number of unbranched alkanes of at least 4 members (excludes halogenated alkanes) is 1. The minimum absolute atomic E-state index is 0.222. The van der Waals surface area contributed by atoms with Crippen molar-refractivity contribution in [2.45, 2.75) is 19.8 Å². The molecule has 0 bridgehead atoms. The molecule has 1 aromatic carbocycles. The van der Waals surface area contributed by atoms with Crippen molar-refractivity contribution in [2.24, 2.45) is 0 Å². The second-order valence-electron chi connectivity index (χ2n) is 3.43. The normalized spacial score (nSPS) is 9.76. The van der Waals surface area contributed by atoms with E-state index in [1.54, 1.807) is 24.3 Å². The van der Waals surface area contributed by atoms with Crippen LogP contribution in [0.4, 0.5) is 0 Å². The van der Waals surface area contributed by atoms with Crippen LogP contribution in [0.2, 0.25) is 0 Å². The third-order valence-electron chi connectivity index (χ3n) is 1.99. The van der Waals surface area contributed by atoms with Crippen LogP contribution in [0, 0.1) is 6.92 Å². The molecule has 0 amide bonds. The lowest BCUT2D eigenvalue weighted by molar-refractivity contribution is -0.131. The number of ether oxygens (including phenoxy) is 2. The van der Waals surface area contributed by atoms with Crippen molar-refractivity contribution < 1.29 is 19.1 Å². The number of carbonyl (C=O) groups excluding carboxylic acids is 2. The molecule has 4 nitrogen and oxygen atoms in total. The maximum atomic E-state index is 11.7. The summed E-state index contributed by atoms with van der Waals surface area (Å²) in [4.78, 5) is 22.6. The van der Waals surface area contributed by atoms with Crippen LogP contribution in [-0.2, 0) is 9.53 Å². The topological polar surface area (TPSA) is 52.6 Å². The molecule has 0 spiro atoms. The minimum Gasteiger partial charge on any atom is -0.462 e. The maximum Gasteiger partial charge on any atom is 0.341 e. The fourth-order valence-electron chi connectivity index (χ4n) is 1.22. The molecule has 0 N–H and O–H groups in total. The van der Waals surface area contributed by atoms with Crippen LogP contribution < -0.4 is 4.74 Å². The van der Waals surface area contributed by atoms with Gasteiger partial charge in [-0.15, -0.1) is 0 Å². The zero-order valence-electron chi connectivity index (χ0n) is 9.77. The number of carbonyl (C=O) groups is 2. The second kappa shape index (κ2) is 6.68. The standard InChI is InChI=1S/C13H15O4/c1-3-4-9-16-13(15)11-7-5-6-8-12(11)17-10(2)14/h5-8H,1,3-4,9H2,2H3. The summed E-state index contributed by atoms with van der Waals surface area (Å²) < 4.78 is 9.94. The molecule has 0 atom stereocenters. The molecule has 91 valence electrons. The highest BCUT2D eigenvalue weighted by atomic mass is 16.5. The molecular weight excluding hydrogens is 220 g/mol. The van der Waals surface area contributed by atoms with E-state index in [0.717, 1.165) is 0 Å². The van der Waals surface area contributed by atoms with Crippen LogP contribution in [0.5, 0.6) is 5.75 Å². The Hall–Kier alpha value is -1.84. The van der Waals surface area contributed by atoms with Gasteiger partial charge in [0.05, 0.1) is 6.61 Å². The first-order chi connectivity index (χ1) is 8.15. The number of hydrogen-bond donors (Lipinski definition) is 0. The zero-order valence-corrected chi connectivity index (χ0v) is 9.77. The van der Waals surface area contributed by atoms with Crippen LogP contribution in [0.25, 0.3) is 0 Å². The number of esters is 2. The predicted molar refractivity (Wildman–Crippen MR) is 62.6 cm³/mol. The molecule has 0 aromatic heterocycles. The highest BCUT2D eigenvalue weighted by Crippen LogP contribution is 2.19. The molecule has 17 heavy (non-hydrogen) atoms. The summed E-state index contributed by atoms with van der Waals surface area (Å²) in [5.74, 6) is -0.738. The Bertz CT molecular complexity index is 398.